The van der Waals surface area contributed by atoms with Gasteiger partial charge >= 0.3 is 0 Å². The Labute approximate surface area is 120 Å². The van der Waals surface area contributed by atoms with Gasteiger partial charge in [0.05, 0.1) is 22.7 Å². The first-order chi connectivity index (χ1) is 9.13. The zero-order chi connectivity index (χ0) is 13.8. The van der Waals surface area contributed by atoms with Crippen LogP contribution in [-0.4, -0.2) is 15.0 Å². The zero-order valence-corrected chi connectivity index (χ0v) is 12.9. The fourth-order valence-electron chi connectivity index (χ4n) is 3.01. The van der Waals surface area contributed by atoms with Crippen molar-refractivity contribution < 1.29 is 0 Å². The molecular formula is C15H23N3S. The van der Waals surface area contributed by atoms with Crippen molar-refractivity contribution in [1.29, 1.82) is 5.26 Å². The highest BCUT2D eigenvalue weighted by Crippen LogP contribution is 2.41. The predicted octanol–water partition coefficient (Wildman–Crippen LogP) is 3.93. The molecule has 1 heterocycles. The van der Waals surface area contributed by atoms with Gasteiger partial charge in [-0.25, -0.2) is 0 Å². The summed E-state index contributed by atoms with van der Waals surface area (Å²) in [7, 11) is 1.99. The lowest BCUT2D eigenvalue weighted by molar-refractivity contribution is 0.306. The minimum absolute atomic E-state index is 0.202. The van der Waals surface area contributed by atoms with Crippen LogP contribution >= 0.6 is 11.8 Å². The van der Waals surface area contributed by atoms with Gasteiger partial charge in [-0.2, -0.15) is 10.4 Å². The van der Waals surface area contributed by atoms with E-state index in [2.05, 4.69) is 24.2 Å². The number of thioether (sulfide) groups is 1. The molecule has 0 saturated heterocycles. The summed E-state index contributed by atoms with van der Waals surface area (Å²) in [5.74, 6) is 1.01. The maximum atomic E-state index is 9.34. The highest BCUT2D eigenvalue weighted by molar-refractivity contribution is 7.99. The number of hydrogen-bond donors (Lipinski definition) is 0. The normalized spacial score (nSPS) is 27.2. The van der Waals surface area contributed by atoms with Crippen molar-refractivity contribution in [2.45, 2.75) is 56.2 Å². The van der Waals surface area contributed by atoms with Gasteiger partial charge in [0.25, 0.3) is 0 Å². The summed E-state index contributed by atoms with van der Waals surface area (Å²) in [6.45, 7) is 4.27. The standard InChI is InChI=1S/C15H23N3S/c1-4-5-12-6-7-13(10-16)14(9-12)19-15-8-11(2)17-18(15)3/h8,12-14H,4-7,9H2,1-3H3. The van der Waals surface area contributed by atoms with Crippen LogP contribution < -0.4 is 0 Å². The lowest BCUT2D eigenvalue weighted by Gasteiger charge is -2.32. The first kappa shape index (κ1) is 14.5. The Kier molecular flexibility index (Phi) is 4.93. The largest absolute Gasteiger partial charge is 0.262 e. The summed E-state index contributed by atoms with van der Waals surface area (Å²) < 4.78 is 1.94. The van der Waals surface area contributed by atoms with Crippen LogP contribution in [0.5, 0.6) is 0 Å². The van der Waals surface area contributed by atoms with Crippen LogP contribution in [0.3, 0.4) is 0 Å². The van der Waals surface area contributed by atoms with Gasteiger partial charge in [0.15, 0.2) is 0 Å². The molecule has 1 aromatic heterocycles. The molecule has 3 atom stereocenters. The van der Waals surface area contributed by atoms with E-state index in [-0.39, 0.29) is 5.92 Å². The van der Waals surface area contributed by atoms with E-state index >= 15 is 0 Å². The maximum absolute atomic E-state index is 9.34. The molecule has 1 aromatic rings. The zero-order valence-electron chi connectivity index (χ0n) is 12.1. The molecule has 4 heteroatoms. The van der Waals surface area contributed by atoms with E-state index in [0.717, 1.165) is 18.0 Å². The number of hydrogen-bond acceptors (Lipinski definition) is 3. The van der Waals surface area contributed by atoms with Crippen molar-refractivity contribution >= 4 is 11.8 Å². The fraction of sp³-hybridized carbons (Fsp3) is 0.733. The van der Waals surface area contributed by atoms with Crippen molar-refractivity contribution in [3.8, 4) is 6.07 Å². The number of rotatable bonds is 4. The van der Waals surface area contributed by atoms with Crippen LogP contribution in [-0.2, 0) is 7.05 Å². The molecular weight excluding hydrogens is 254 g/mol. The van der Waals surface area contributed by atoms with Crippen molar-refractivity contribution in [3.63, 3.8) is 0 Å². The van der Waals surface area contributed by atoms with Gasteiger partial charge in [0.1, 0.15) is 0 Å². The summed E-state index contributed by atoms with van der Waals surface area (Å²) in [6.07, 6.45) is 6.04. The molecule has 1 fully saturated rings. The third-order valence-electron chi connectivity index (χ3n) is 3.99. The van der Waals surface area contributed by atoms with Gasteiger partial charge < -0.3 is 0 Å². The average Bonchev–Trinajstić information content (AvgIpc) is 2.69. The third kappa shape index (κ3) is 3.54. The molecule has 3 unspecified atom stereocenters. The molecule has 0 radical (unpaired) electrons. The maximum Gasteiger partial charge on any atom is 0.0942 e. The van der Waals surface area contributed by atoms with Gasteiger partial charge in [-0.15, -0.1) is 11.8 Å². The Morgan fingerprint density at radius 1 is 1.53 bits per heavy atom. The van der Waals surface area contributed by atoms with E-state index in [1.165, 1.54) is 30.7 Å². The van der Waals surface area contributed by atoms with Gasteiger partial charge in [-0.3, -0.25) is 4.68 Å². The minimum Gasteiger partial charge on any atom is -0.262 e. The van der Waals surface area contributed by atoms with Crippen LogP contribution in [0, 0.1) is 30.1 Å². The molecule has 0 N–H and O–H groups in total. The van der Waals surface area contributed by atoms with Gasteiger partial charge in [0.2, 0.25) is 0 Å². The molecule has 104 valence electrons. The Balaban J connectivity index is 2.06. The predicted molar refractivity (Wildman–Crippen MR) is 78.9 cm³/mol. The molecule has 0 aliphatic heterocycles. The van der Waals surface area contributed by atoms with E-state index in [1.54, 1.807) is 0 Å². The smallest absolute Gasteiger partial charge is 0.0942 e. The second-order valence-corrected chi connectivity index (χ2v) is 6.87. The van der Waals surface area contributed by atoms with Gasteiger partial charge in [-0.05, 0) is 38.2 Å². The SMILES string of the molecule is CCCC1CCC(C#N)C(Sc2cc(C)nn2C)C1. The quantitative estimate of drug-likeness (QED) is 0.837. The Morgan fingerprint density at radius 3 is 2.89 bits per heavy atom. The first-order valence-electron chi connectivity index (χ1n) is 7.21. The summed E-state index contributed by atoms with van der Waals surface area (Å²) in [6, 6.07) is 4.64. The fourth-order valence-corrected chi connectivity index (χ4v) is 4.48. The number of nitriles is 1. The van der Waals surface area contributed by atoms with Crippen LogP contribution in [0.2, 0.25) is 0 Å². The van der Waals surface area contributed by atoms with Gasteiger partial charge in [-0.1, -0.05) is 19.8 Å². The summed E-state index contributed by atoms with van der Waals surface area (Å²) >= 11 is 1.85. The number of aryl methyl sites for hydroxylation is 2. The van der Waals surface area contributed by atoms with Crippen molar-refractivity contribution in [3.05, 3.63) is 11.8 Å². The van der Waals surface area contributed by atoms with E-state index in [9.17, 15) is 5.26 Å². The molecule has 2 rings (SSSR count). The van der Waals surface area contributed by atoms with Crippen LogP contribution in [0.4, 0.5) is 0 Å². The van der Waals surface area contributed by atoms with E-state index in [4.69, 9.17) is 0 Å². The highest BCUT2D eigenvalue weighted by atomic mass is 32.2. The Hall–Kier alpha value is -0.950. The molecule has 0 amide bonds. The molecule has 3 nitrogen and oxygen atoms in total. The molecule has 0 spiro atoms. The molecule has 0 bridgehead atoms. The van der Waals surface area contributed by atoms with Crippen molar-refractivity contribution in [1.82, 2.24) is 9.78 Å². The summed E-state index contributed by atoms with van der Waals surface area (Å²) in [5.41, 5.74) is 1.06. The second-order valence-electron chi connectivity index (χ2n) is 5.61. The summed E-state index contributed by atoms with van der Waals surface area (Å²) in [4.78, 5) is 0. The third-order valence-corrected chi connectivity index (χ3v) is 5.44. The van der Waals surface area contributed by atoms with Crippen LogP contribution in [0.15, 0.2) is 11.1 Å². The van der Waals surface area contributed by atoms with Crippen molar-refractivity contribution in [2.24, 2.45) is 18.9 Å². The topological polar surface area (TPSA) is 41.6 Å². The van der Waals surface area contributed by atoms with Crippen LogP contribution in [0.1, 0.15) is 44.7 Å². The first-order valence-corrected chi connectivity index (χ1v) is 8.09. The molecule has 0 aromatic carbocycles. The molecule has 19 heavy (non-hydrogen) atoms. The highest BCUT2D eigenvalue weighted by Gasteiger charge is 2.31. The van der Waals surface area contributed by atoms with Crippen LogP contribution in [0.25, 0.3) is 0 Å². The van der Waals surface area contributed by atoms with Gasteiger partial charge in [0, 0.05) is 12.3 Å². The minimum atomic E-state index is 0.202. The molecule has 1 aliphatic rings. The van der Waals surface area contributed by atoms with E-state index < -0.39 is 0 Å². The molecule has 1 aliphatic carbocycles. The number of nitrogens with zero attached hydrogens (tertiary/aromatic N) is 3. The Bertz CT molecular complexity index is 460. The Morgan fingerprint density at radius 2 is 2.32 bits per heavy atom. The average molecular weight is 277 g/mol. The number of aromatic nitrogens is 2. The monoisotopic (exact) mass is 277 g/mol. The van der Waals surface area contributed by atoms with Crippen molar-refractivity contribution in [2.75, 3.05) is 0 Å². The van der Waals surface area contributed by atoms with E-state index in [1.807, 2.05) is 30.4 Å². The summed E-state index contributed by atoms with van der Waals surface area (Å²) in [5, 5.41) is 15.4. The van der Waals surface area contributed by atoms with E-state index in [0.29, 0.717) is 5.25 Å². The lowest BCUT2D eigenvalue weighted by Crippen LogP contribution is -2.26. The lowest BCUT2D eigenvalue weighted by atomic mass is 9.80. The molecule has 1 saturated carbocycles. The second kappa shape index (κ2) is 6.47.